The lowest BCUT2D eigenvalue weighted by Gasteiger charge is -2.32. The molecule has 2 aromatic heterocycles. The van der Waals surface area contributed by atoms with E-state index in [-0.39, 0.29) is 6.10 Å². The number of aromatic nitrogens is 3. The first-order valence-corrected chi connectivity index (χ1v) is 10.1. The normalized spacial score (nSPS) is 17.7. The van der Waals surface area contributed by atoms with Crippen molar-refractivity contribution in [2.75, 3.05) is 19.7 Å². The van der Waals surface area contributed by atoms with Crippen molar-refractivity contribution in [1.82, 2.24) is 19.7 Å². The van der Waals surface area contributed by atoms with Crippen LogP contribution in [0.15, 0.2) is 54.9 Å². The zero-order chi connectivity index (χ0) is 19.3. The van der Waals surface area contributed by atoms with Gasteiger partial charge in [-0.2, -0.15) is 5.10 Å². The van der Waals surface area contributed by atoms with Crippen LogP contribution < -0.4 is 0 Å². The van der Waals surface area contributed by atoms with Gasteiger partial charge in [0.2, 0.25) is 0 Å². The van der Waals surface area contributed by atoms with Crippen LogP contribution in [0.4, 0.5) is 0 Å². The van der Waals surface area contributed by atoms with Crippen LogP contribution in [0.2, 0.25) is 0 Å². The molecule has 1 atom stereocenters. The van der Waals surface area contributed by atoms with Crippen LogP contribution in [-0.4, -0.2) is 39.4 Å². The standard InChI is InChI=1S/C23H28N4O/c1-3-27-16-19(14-24-27)15-26-11-12-28-23(17-26)22-10-6-9-21(25-22)13-20-8-5-4-7-18(20)2/h4-10,14,16,23H,3,11-13,15,17H2,1-2H3. The molecule has 5 heteroatoms. The van der Waals surface area contributed by atoms with Gasteiger partial charge in [-0.25, -0.2) is 0 Å². The minimum absolute atomic E-state index is 0.0202. The summed E-state index contributed by atoms with van der Waals surface area (Å²) in [4.78, 5) is 7.35. The van der Waals surface area contributed by atoms with Gasteiger partial charge >= 0.3 is 0 Å². The Bertz CT molecular complexity index is 920. The van der Waals surface area contributed by atoms with E-state index < -0.39 is 0 Å². The second-order valence-electron chi connectivity index (χ2n) is 7.46. The molecule has 0 bridgehead atoms. The van der Waals surface area contributed by atoms with Crippen LogP contribution in [0.25, 0.3) is 0 Å². The van der Waals surface area contributed by atoms with E-state index in [9.17, 15) is 0 Å². The summed E-state index contributed by atoms with van der Waals surface area (Å²) in [5.41, 5.74) is 6.01. The van der Waals surface area contributed by atoms with Crippen molar-refractivity contribution in [1.29, 1.82) is 0 Å². The van der Waals surface area contributed by atoms with Crippen molar-refractivity contribution in [3.8, 4) is 0 Å². The highest BCUT2D eigenvalue weighted by atomic mass is 16.5. The maximum Gasteiger partial charge on any atom is 0.112 e. The van der Waals surface area contributed by atoms with Gasteiger partial charge in [-0.15, -0.1) is 0 Å². The second kappa shape index (κ2) is 8.67. The van der Waals surface area contributed by atoms with Gasteiger partial charge in [0.15, 0.2) is 0 Å². The highest BCUT2D eigenvalue weighted by Crippen LogP contribution is 2.23. The first-order valence-electron chi connectivity index (χ1n) is 10.1. The molecule has 0 aliphatic carbocycles. The number of pyridine rings is 1. The number of hydrogen-bond acceptors (Lipinski definition) is 4. The fourth-order valence-corrected chi connectivity index (χ4v) is 3.72. The molecule has 5 nitrogen and oxygen atoms in total. The summed E-state index contributed by atoms with van der Waals surface area (Å²) in [6.07, 6.45) is 4.97. The Kier molecular flexibility index (Phi) is 5.84. The number of ether oxygens (including phenoxy) is 1. The monoisotopic (exact) mass is 376 g/mol. The molecule has 28 heavy (non-hydrogen) atoms. The van der Waals surface area contributed by atoms with Crippen molar-refractivity contribution in [2.24, 2.45) is 0 Å². The Morgan fingerprint density at radius 3 is 2.86 bits per heavy atom. The summed E-state index contributed by atoms with van der Waals surface area (Å²) in [5.74, 6) is 0. The highest BCUT2D eigenvalue weighted by Gasteiger charge is 2.23. The van der Waals surface area contributed by atoms with E-state index >= 15 is 0 Å². The predicted octanol–water partition coefficient (Wildman–Crippen LogP) is 3.77. The summed E-state index contributed by atoms with van der Waals surface area (Å²) in [6.45, 7) is 8.61. The maximum absolute atomic E-state index is 6.06. The van der Waals surface area contributed by atoms with E-state index in [0.29, 0.717) is 0 Å². The van der Waals surface area contributed by atoms with E-state index in [1.807, 2.05) is 10.9 Å². The molecule has 0 N–H and O–H groups in total. The van der Waals surface area contributed by atoms with Gasteiger partial charge in [0.25, 0.3) is 0 Å². The summed E-state index contributed by atoms with van der Waals surface area (Å²) >= 11 is 0. The molecule has 0 amide bonds. The Morgan fingerprint density at radius 2 is 2.04 bits per heavy atom. The minimum Gasteiger partial charge on any atom is -0.369 e. The molecule has 1 aromatic carbocycles. The molecule has 0 radical (unpaired) electrons. The van der Waals surface area contributed by atoms with Gasteiger partial charge in [-0.1, -0.05) is 30.3 Å². The van der Waals surface area contributed by atoms with Crippen LogP contribution in [0, 0.1) is 6.92 Å². The van der Waals surface area contributed by atoms with Crippen molar-refractivity contribution in [2.45, 2.75) is 39.5 Å². The molecule has 146 valence electrons. The summed E-state index contributed by atoms with van der Waals surface area (Å²) < 4.78 is 8.04. The first kappa shape index (κ1) is 18.8. The third-order valence-electron chi connectivity index (χ3n) is 5.36. The summed E-state index contributed by atoms with van der Waals surface area (Å²) in [6, 6.07) is 14.8. The minimum atomic E-state index is 0.0202. The van der Waals surface area contributed by atoms with Crippen molar-refractivity contribution < 1.29 is 4.74 Å². The molecule has 4 rings (SSSR count). The molecule has 0 saturated carbocycles. The zero-order valence-electron chi connectivity index (χ0n) is 16.7. The Morgan fingerprint density at radius 1 is 1.14 bits per heavy atom. The smallest absolute Gasteiger partial charge is 0.112 e. The predicted molar refractivity (Wildman–Crippen MR) is 110 cm³/mol. The molecule has 1 unspecified atom stereocenters. The van der Waals surface area contributed by atoms with Gasteiger partial charge in [-0.3, -0.25) is 14.6 Å². The number of benzene rings is 1. The van der Waals surface area contributed by atoms with Crippen LogP contribution in [0.1, 0.15) is 41.1 Å². The Balaban J connectivity index is 1.44. The van der Waals surface area contributed by atoms with Crippen LogP contribution in [0.5, 0.6) is 0 Å². The largest absolute Gasteiger partial charge is 0.369 e. The first-order chi connectivity index (χ1) is 13.7. The Labute approximate surface area is 167 Å². The van der Waals surface area contributed by atoms with Crippen molar-refractivity contribution in [3.63, 3.8) is 0 Å². The average molecular weight is 377 g/mol. The molecular formula is C23H28N4O. The molecule has 0 spiro atoms. The van der Waals surface area contributed by atoms with Crippen LogP contribution in [0.3, 0.4) is 0 Å². The average Bonchev–Trinajstić information content (AvgIpc) is 3.18. The third kappa shape index (κ3) is 4.49. The lowest BCUT2D eigenvalue weighted by Crippen LogP contribution is -2.38. The number of aryl methyl sites for hydroxylation is 2. The van der Waals surface area contributed by atoms with Crippen LogP contribution in [-0.2, 0) is 24.2 Å². The number of hydrogen-bond donors (Lipinski definition) is 0. The number of rotatable bonds is 6. The lowest BCUT2D eigenvalue weighted by atomic mass is 10.0. The summed E-state index contributed by atoms with van der Waals surface area (Å²) in [5, 5.41) is 4.38. The van der Waals surface area contributed by atoms with E-state index in [1.165, 1.54) is 16.7 Å². The van der Waals surface area contributed by atoms with E-state index in [0.717, 1.165) is 50.6 Å². The number of morpholine rings is 1. The van der Waals surface area contributed by atoms with Gasteiger partial charge in [0.1, 0.15) is 6.10 Å². The quantitative estimate of drug-likeness (QED) is 0.657. The van der Waals surface area contributed by atoms with E-state index in [4.69, 9.17) is 9.72 Å². The number of nitrogens with zero attached hydrogens (tertiary/aromatic N) is 4. The maximum atomic E-state index is 6.06. The van der Waals surface area contributed by atoms with Crippen molar-refractivity contribution in [3.05, 3.63) is 82.9 Å². The zero-order valence-corrected chi connectivity index (χ0v) is 16.7. The Hall–Kier alpha value is -2.50. The second-order valence-corrected chi connectivity index (χ2v) is 7.46. The topological polar surface area (TPSA) is 43.2 Å². The summed E-state index contributed by atoms with van der Waals surface area (Å²) in [7, 11) is 0. The lowest BCUT2D eigenvalue weighted by molar-refractivity contribution is -0.0350. The van der Waals surface area contributed by atoms with Crippen LogP contribution >= 0.6 is 0 Å². The molecule has 1 aliphatic rings. The van der Waals surface area contributed by atoms with Gasteiger partial charge in [0, 0.05) is 50.1 Å². The van der Waals surface area contributed by atoms with Crippen molar-refractivity contribution >= 4 is 0 Å². The van der Waals surface area contributed by atoms with Gasteiger partial charge in [-0.05, 0) is 37.1 Å². The molecule has 1 aliphatic heterocycles. The van der Waals surface area contributed by atoms with Gasteiger partial charge < -0.3 is 4.74 Å². The highest BCUT2D eigenvalue weighted by molar-refractivity contribution is 5.30. The van der Waals surface area contributed by atoms with E-state index in [2.05, 4.69) is 72.5 Å². The fourth-order valence-electron chi connectivity index (χ4n) is 3.72. The SMILES string of the molecule is CCn1cc(CN2CCOC(c3cccc(Cc4ccccc4C)n3)C2)cn1. The molecular weight excluding hydrogens is 348 g/mol. The fraction of sp³-hybridized carbons (Fsp3) is 0.391. The molecule has 3 heterocycles. The third-order valence-corrected chi connectivity index (χ3v) is 5.36. The van der Waals surface area contributed by atoms with Gasteiger partial charge in [0.05, 0.1) is 18.5 Å². The molecule has 1 fully saturated rings. The molecule has 3 aromatic rings. The molecule has 1 saturated heterocycles. The van der Waals surface area contributed by atoms with E-state index in [1.54, 1.807) is 0 Å².